The third-order valence-corrected chi connectivity index (χ3v) is 3.66. The molecular weight excluding hydrogens is 279 g/mol. The van der Waals surface area contributed by atoms with Crippen LogP contribution < -0.4 is 5.32 Å². The lowest BCUT2D eigenvalue weighted by molar-refractivity contribution is -0.136. The summed E-state index contributed by atoms with van der Waals surface area (Å²) >= 11 is 1.42. The molecule has 0 aliphatic heterocycles. The topological polar surface area (TPSA) is 62.2 Å². The van der Waals surface area contributed by atoms with Crippen LogP contribution in [0.1, 0.15) is 30.6 Å². The molecule has 0 saturated heterocycles. The minimum absolute atomic E-state index is 0.0656. The Bertz CT molecular complexity index is 600. The van der Waals surface area contributed by atoms with E-state index in [9.17, 15) is 9.18 Å². The van der Waals surface area contributed by atoms with E-state index < -0.39 is 5.97 Å². The Hall–Kier alpha value is -1.95. The maximum atomic E-state index is 13.2. The predicted octanol–water partition coefficient (Wildman–Crippen LogP) is 3.47. The minimum Gasteiger partial charge on any atom is -0.481 e. The molecular formula is C14H15FN2O2S. The summed E-state index contributed by atoms with van der Waals surface area (Å²) in [5.41, 5.74) is 1.60. The van der Waals surface area contributed by atoms with Gasteiger partial charge in [0.15, 0.2) is 5.13 Å². The number of aromatic nitrogens is 1. The van der Waals surface area contributed by atoms with Crippen molar-refractivity contribution in [2.45, 2.75) is 25.8 Å². The zero-order valence-electron chi connectivity index (χ0n) is 11.0. The van der Waals surface area contributed by atoms with E-state index in [4.69, 9.17) is 5.11 Å². The van der Waals surface area contributed by atoms with Crippen molar-refractivity contribution >= 4 is 22.4 Å². The Morgan fingerprint density at radius 3 is 3.05 bits per heavy atom. The van der Waals surface area contributed by atoms with Crippen LogP contribution in [0.15, 0.2) is 29.6 Å². The molecule has 2 aromatic rings. The van der Waals surface area contributed by atoms with Crippen LogP contribution in [0.25, 0.3) is 0 Å². The first-order valence-corrected chi connectivity index (χ1v) is 7.11. The number of carboxylic acids is 1. The number of hydrogen-bond donors (Lipinski definition) is 2. The van der Waals surface area contributed by atoms with Gasteiger partial charge in [0.1, 0.15) is 5.82 Å². The molecule has 1 atom stereocenters. The van der Waals surface area contributed by atoms with Gasteiger partial charge in [0.05, 0.1) is 18.2 Å². The van der Waals surface area contributed by atoms with E-state index >= 15 is 0 Å². The van der Waals surface area contributed by atoms with E-state index in [2.05, 4.69) is 10.3 Å². The maximum Gasteiger partial charge on any atom is 0.303 e. The van der Waals surface area contributed by atoms with Gasteiger partial charge in [-0.05, 0) is 24.6 Å². The SMILES string of the molecule is CC(Nc1nc(CCC(=O)O)cs1)c1cccc(F)c1. The van der Waals surface area contributed by atoms with Gasteiger partial charge in [-0.2, -0.15) is 0 Å². The Kier molecular flexibility index (Phi) is 4.68. The van der Waals surface area contributed by atoms with Crippen LogP contribution in [0.4, 0.5) is 9.52 Å². The summed E-state index contributed by atoms with van der Waals surface area (Å²) in [6.07, 6.45) is 0.491. The third-order valence-electron chi connectivity index (χ3n) is 2.84. The molecule has 0 amide bonds. The van der Waals surface area contributed by atoms with E-state index in [-0.39, 0.29) is 18.3 Å². The first-order valence-electron chi connectivity index (χ1n) is 6.23. The first-order chi connectivity index (χ1) is 9.54. The van der Waals surface area contributed by atoms with Crippen molar-refractivity contribution in [2.75, 3.05) is 5.32 Å². The number of anilines is 1. The number of carboxylic acid groups (broad SMARTS) is 1. The fourth-order valence-corrected chi connectivity index (χ4v) is 2.60. The number of aryl methyl sites for hydroxylation is 1. The van der Waals surface area contributed by atoms with Gasteiger partial charge in [-0.15, -0.1) is 11.3 Å². The van der Waals surface area contributed by atoms with Crippen molar-refractivity contribution in [1.82, 2.24) is 4.98 Å². The van der Waals surface area contributed by atoms with Gasteiger partial charge >= 0.3 is 5.97 Å². The molecule has 6 heteroatoms. The number of rotatable bonds is 6. The molecule has 4 nitrogen and oxygen atoms in total. The van der Waals surface area contributed by atoms with Crippen LogP contribution in [-0.4, -0.2) is 16.1 Å². The Balaban J connectivity index is 1.97. The van der Waals surface area contributed by atoms with Crippen LogP contribution in [0.2, 0.25) is 0 Å². The number of halogens is 1. The summed E-state index contributed by atoms with van der Waals surface area (Å²) in [6.45, 7) is 1.92. The molecule has 0 aliphatic rings. The average molecular weight is 294 g/mol. The summed E-state index contributed by atoms with van der Waals surface area (Å²) in [6, 6.07) is 6.34. The molecule has 0 spiro atoms. The number of thiazole rings is 1. The highest BCUT2D eigenvalue weighted by Crippen LogP contribution is 2.23. The lowest BCUT2D eigenvalue weighted by Gasteiger charge is -2.13. The van der Waals surface area contributed by atoms with E-state index in [0.29, 0.717) is 11.6 Å². The van der Waals surface area contributed by atoms with Crippen molar-refractivity contribution in [3.63, 3.8) is 0 Å². The van der Waals surface area contributed by atoms with Gasteiger partial charge in [0, 0.05) is 11.8 Å². The zero-order valence-corrected chi connectivity index (χ0v) is 11.8. The molecule has 2 N–H and O–H groups in total. The second kappa shape index (κ2) is 6.47. The molecule has 1 heterocycles. The smallest absolute Gasteiger partial charge is 0.303 e. The lowest BCUT2D eigenvalue weighted by atomic mass is 10.1. The van der Waals surface area contributed by atoms with Crippen molar-refractivity contribution < 1.29 is 14.3 Å². The lowest BCUT2D eigenvalue weighted by Crippen LogP contribution is -2.06. The number of nitrogens with one attached hydrogen (secondary N) is 1. The Morgan fingerprint density at radius 2 is 2.35 bits per heavy atom. The average Bonchev–Trinajstić information content (AvgIpc) is 2.84. The van der Waals surface area contributed by atoms with E-state index in [1.165, 1.54) is 23.5 Å². The van der Waals surface area contributed by atoms with Gasteiger partial charge in [0.2, 0.25) is 0 Å². The van der Waals surface area contributed by atoms with Crippen molar-refractivity contribution in [3.05, 3.63) is 46.7 Å². The predicted molar refractivity (Wildman–Crippen MR) is 76.5 cm³/mol. The monoisotopic (exact) mass is 294 g/mol. The van der Waals surface area contributed by atoms with Gasteiger partial charge in [-0.25, -0.2) is 9.37 Å². The number of nitrogens with zero attached hydrogens (tertiary/aromatic N) is 1. The van der Waals surface area contributed by atoms with E-state index in [1.54, 1.807) is 6.07 Å². The maximum absolute atomic E-state index is 13.2. The van der Waals surface area contributed by atoms with Crippen LogP contribution in [-0.2, 0) is 11.2 Å². The Labute approximate surface area is 120 Å². The number of aliphatic carboxylic acids is 1. The molecule has 0 bridgehead atoms. The molecule has 1 unspecified atom stereocenters. The van der Waals surface area contributed by atoms with Crippen LogP contribution in [0, 0.1) is 5.82 Å². The van der Waals surface area contributed by atoms with Crippen molar-refractivity contribution in [1.29, 1.82) is 0 Å². The highest BCUT2D eigenvalue weighted by Gasteiger charge is 2.09. The molecule has 20 heavy (non-hydrogen) atoms. The van der Waals surface area contributed by atoms with Gasteiger partial charge < -0.3 is 10.4 Å². The third kappa shape index (κ3) is 4.03. The molecule has 0 saturated carbocycles. The fourth-order valence-electron chi connectivity index (χ4n) is 1.77. The number of benzene rings is 1. The molecule has 106 valence electrons. The van der Waals surface area contributed by atoms with Crippen LogP contribution >= 0.6 is 11.3 Å². The summed E-state index contributed by atoms with van der Waals surface area (Å²) in [5.74, 6) is -1.10. The molecule has 0 radical (unpaired) electrons. The number of hydrogen-bond acceptors (Lipinski definition) is 4. The highest BCUT2D eigenvalue weighted by atomic mass is 32.1. The summed E-state index contributed by atoms with van der Waals surface area (Å²) < 4.78 is 13.2. The fraction of sp³-hybridized carbons (Fsp3) is 0.286. The summed E-state index contributed by atoms with van der Waals surface area (Å²) in [5, 5.41) is 14.4. The van der Waals surface area contributed by atoms with Gasteiger partial charge in [-0.3, -0.25) is 4.79 Å². The second-order valence-electron chi connectivity index (χ2n) is 4.46. The largest absolute Gasteiger partial charge is 0.481 e. The van der Waals surface area contributed by atoms with Crippen LogP contribution in [0.3, 0.4) is 0 Å². The standard InChI is InChI=1S/C14H15FN2O2S/c1-9(10-3-2-4-11(15)7-10)16-14-17-12(8-20-14)5-6-13(18)19/h2-4,7-9H,5-6H2,1H3,(H,16,17)(H,18,19). The minimum atomic E-state index is -0.833. The van der Waals surface area contributed by atoms with Crippen molar-refractivity contribution in [3.8, 4) is 0 Å². The Morgan fingerprint density at radius 1 is 1.55 bits per heavy atom. The molecule has 2 rings (SSSR count). The quantitative estimate of drug-likeness (QED) is 0.856. The zero-order chi connectivity index (χ0) is 14.5. The molecule has 1 aromatic carbocycles. The van der Waals surface area contributed by atoms with E-state index in [0.717, 1.165) is 11.3 Å². The number of carbonyl (C=O) groups is 1. The van der Waals surface area contributed by atoms with Gasteiger partial charge in [0.25, 0.3) is 0 Å². The highest BCUT2D eigenvalue weighted by molar-refractivity contribution is 7.13. The molecule has 1 aromatic heterocycles. The van der Waals surface area contributed by atoms with Gasteiger partial charge in [-0.1, -0.05) is 12.1 Å². The van der Waals surface area contributed by atoms with Crippen molar-refractivity contribution in [2.24, 2.45) is 0 Å². The second-order valence-corrected chi connectivity index (χ2v) is 5.32. The summed E-state index contributed by atoms with van der Waals surface area (Å²) in [7, 11) is 0. The molecule has 0 fully saturated rings. The normalized spacial score (nSPS) is 12.1. The first kappa shape index (κ1) is 14.5. The molecule has 0 aliphatic carbocycles. The van der Waals surface area contributed by atoms with E-state index in [1.807, 2.05) is 18.4 Å². The summed E-state index contributed by atoms with van der Waals surface area (Å²) in [4.78, 5) is 14.8. The van der Waals surface area contributed by atoms with Crippen LogP contribution in [0.5, 0.6) is 0 Å².